The van der Waals surface area contributed by atoms with Crippen molar-refractivity contribution in [3.05, 3.63) is 53.5 Å². The van der Waals surface area contributed by atoms with Crippen LogP contribution in [0.15, 0.2) is 46.0 Å². The van der Waals surface area contributed by atoms with E-state index < -0.39 is 0 Å². The van der Waals surface area contributed by atoms with Gasteiger partial charge in [-0.15, -0.1) is 0 Å². The number of guanidine groups is 1. The molecule has 1 aliphatic heterocycles. The zero-order chi connectivity index (χ0) is 18.7. The molecule has 27 heavy (non-hydrogen) atoms. The first-order chi connectivity index (χ1) is 13.3. The monoisotopic (exact) mass is 371 g/mol. The van der Waals surface area contributed by atoms with Gasteiger partial charge in [0.25, 0.3) is 0 Å². The molecule has 2 aromatic rings. The first-order valence-corrected chi connectivity index (χ1v) is 9.72. The summed E-state index contributed by atoms with van der Waals surface area (Å²) in [5.41, 5.74) is 2.65. The number of nitrogens with one attached hydrogen (secondary N) is 2. The van der Waals surface area contributed by atoms with E-state index in [-0.39, 0.29) is 0 Å². The quantitative estimate of drug-likeness (QED) is 0.382. The highest BCUT2D eigenvalue weighted by atomic mass is 16.5. The van der Waals surface area contributed by atoms with Crippen molar-refractivity contribution < 1.29 is 13.9 Å². The van der Waals surface area contributed by atoms with Gasteiger partial charge < -0.3 is 24.5 Å². The van der Waals surface area contributed by atoms with E-state index in [1.165, 1.54) is 11.1 Å². The second-order valence-corrected chi connectivity index (χ2v) is 6.46. The Kier molecular flexibility index (Phi) is 7.59. The third-order valence-corrected chi connectivity index (χ3v) is 4.35. The van der Waals surface area contributed by atoms with Gasteiger partial charge in [0.15, 0.2) is 5.96 Å². The van der Waals surface area contributed by atoms with Gasteiger partial charge in [-0.25, -0.2) is 0 Å². The molecular weight excluding hydrogens is 342 g/mol. The van der Waals surface area contributed by atoms with Crippen LogP contribution in [0.25, 0.3) is 0 Å². The first kappa shape index (κ1) is 19.3. The van der Waals surface area contributed by atoms with Crippen LogP contribution >= 0.6 is 0 Å². The summed E-state index contributed by atoms with van der Waals surface area (Å²) < 4.78 is 16.4. The van der Waals surface area contributed by atoms with E-state index in [4.69, 9.17) is 13.9 Å². The van der Waals surface area contributed by atoms with Crippen LogP contribution in [-0.4, -0.2) is 38.8 Å². The van der Waals surface area contributed by atoms with E-state index in [9.17, 15) is 0 Å². The Labute approximate surface area is 161 Å². The fraction of sp³-hybridized carbons (Fsp3) is 0.476. The molecule has 6 heteroatoms. The molecule has 0 atom stereocenters. The van der Waals surface area contributed by atoms with Gasteiger partial charge >= 0.3 is 0 Å². The number of nitrogens with zero attached hydrogens (tertiary/aromatic N) is 1. The molecule has 0 fully saturated rings. The Balaban J connectivity index is 1.34. The second-order valence-electron chi connectivity index (χ2n) is 6.46. The highest BCUT2D eigenvalue weighted by molar-refractivity contribution is 5.79. The molecule has 6 nitrogen and oxygen atoms in total. The molecule has 1 aromatic heterocycles. The first-order valence-electron chi connectivity index (χ1n) is 9.72. The third kappa shape index (κ3) is 6.32. The van der Waals surface area contributed by atoms with Gasteiger partial charge in [-0.05, 0) is 49.1 Å². The number of hydrogen-bond acceptors (Lipinski definition) is 4. The van der Waals surface area contributed by atoms with Gasteiger partial charge in [-0.3, -0.25) is 4.99 Å². The molecule has 2 heterocycles. The minimum Gasteiger partial charge on any atom is -0.493 e. The molecule has 1 aliphatic rings. The second kappa shape index (κ2) is 10.6. The van der Waals surface area contributed by atoms with Crippen molar-refractivity contribution in [1.29, 1.82) is 0 Å². The molecule has 0 saturated heterocycles. The summed E-state index contributed by atoms with van der Waals surface area (Å²) >= 11 is 0. The molecule has 1 aromatic carbocycles. The lowest BCUT2D eigenvalue weighted by atomic mass is 10.1. The Morgan fingerprint density at radius 2 is 2.22 bits per heavy atom. The zero-order valence-corrected chi connectivity index (χ0v) is 16.0. The van der Waals surface area contributed by atoms with Crippen molar-refractivity contribution in [3.8, 4) is 5.75 Å². The summed E-state index contributed by atoms with van der Waals surface area (Å²) in [6.07, 6.45) is 4.52. The van der Waals surface area contributed by atoms with Crippen LogP contribution in [0.1, 0.15) is 30.2 Å². The highest BCUT2D eigenvalue weighted by Gasteiger charge is 2.11. The lowest BCUT2D eigenvalue weighted by Gasteiger charge is -2.11. The molecule has 146 valence electrons. The van der Waals surface area contributed by atoms with E-state index in [2.05, 4.69) is 40.7 Å². The lowest BCUT2D eigenvalue weighted by molar-refractivity contribution is 0.105. The van der Waals surface area contributed by atoms with E-state index >= 15 is 0 Å². The maximum absolute atomic E-state index is 5.58. The number of rotatable bonds is 10. The maximum Gasteiger partial charge on any atom is 0.191 e. The van der Waals surface area contributed by atoms with Gasteiger partial charge in [-0.1, -0.05) is 12.1 Å². The molecule has 0 saturated carbocycles. The largest absolute Gasteiger partial charge is 0.493 e. The van der Waals surface area contributed by atoms with E-state index in [1.807, 2.05) is 12.1 Å². The van der Waals surface area contributed by atoms with Crippen molar-refractivity contribution in [3.63, 3.8) is 0 Å². The molecular formula is C21H29N3O3. The van der Waals surface area contributed by atoms with Crippen molar-refractivity contribution >= 4 is 5.96 Å². The summed E-state index contributed by atoms with van der Waals surface area (Å²) in [5, 5.41) is 6.69. The van der Waals surface area contributed by atoms with Gasteiger partial charge in [0, 0.05) is 32.7 Å². The van der Waals surface area contributed by atoms with Crippen LogP contribution in [0.5, 0.6) is 5.75 Å². The summed E-state index contributed by atoms with van der Waals surface area (Å²) in [5.74, 6) is 2.75. The SMILES string of the molecule is CCNC(=NCCCOCc1ccco1)NCCc1ccc2c(c1)CCO2. The number of benzene rings is 1. The van der Waals surface area contributed by atoms with Gasteiger partial charge in [0.05, 0.1) is 12.9 Å². The fourth-order valence-electron chi connectivity index (χ4n) is 2.99. The van der Waals surface area contributed by atoms with Crippen LogP contribution in [-0.2, 0) is 24.2 Å². The highest BCUT2D eigenvalue weighted by Crippen LogP contribution is 2.25. The zero-order valence-electron chi connectivity index (χ0n) is 16.0. The minimum absolute atomic E-state index is 0.515. The smallest absolute Gasteiger partial charge is 0.191 e. The number of fused-ring (bicyclic) bond motifs is 1. The minimum atomic E-state index is 0.515. The Bertz CT molecular complexity index is 713. The average Bonchev–Trinajstić information content (AvgIpc) is 3.35. The number of hydrogen-bond donors (Lipinski definition) is 2. The Morgan fingerprint density at radius 1 is 1.26 bits per heavy atom. The van der Waals surface area contributed by atoms with E-state index in [0.717, 1.165) is 63.0 Å². The molecule has 0 unspecified atom stereocenters. The summed E-state index contributed by atoms with van der Waals surface area (Å²) in [6, 6.07) is 10.3. The Hall–Kier alpha value is -2.47. The molecule has 0 amide bonds. The van der Waals surface area contributed by atoms with E-state index in [1.54, 1.807) is 6.26 Å². The predicted molar refractivity (Wildman–Crippen MR) is 106 cm³/mol. The van der Waals surface area contributed by atoms with Crippen molar-refractivity contribution in [2.24, 2.45) is 4.99 Å². The molecule has 0 bridgehead atoms. The normalized spacial score (nSPS) is 13.3. The standard InChI is InChI=1S/C21H29N3O3/c1-2-22-21(23-10-4-12-25-16-19-5-3-13-26-19)24-11-8-17-6-7-20-18(15-17)9-14-27-20/h3,5-7,13,15H,2,4,8-12,14,16H2,1H3,(H2,22,23,24). The van der Waals surface area contributed by atoms with Crippen LogP contribution in [0.2, 0.25) is 0 Å². The molecule has 2 N–H and O–H groups in total. The fourth-order valence-corrected chi connectivity index (χ4v) is 2.99. The van der Waals surface area contributed by atoms with Crippen molar-refractivity contribution in [2.45, 2.75) is 32.8 Å². The maximum atomic E-state index is 5.58. The van der Waals surface area contributed by atoms with Gasteiger partial charge in [-0.2, -0.15) is 0 Å². The summed E-state index contributed by atoms with van der Waals surface area (Å²) in [7, 11) is 0. The third-order valence-electron chi connectivity index (χ3n) is 4.35. The summed E-state index contributed by atoms with van der Waals surface area (Å²) in [4.78, 5) is 4.61. The number of ether oxygens (including phenoxy) is 2. The molecule has 0 aliphatic carbocycles. The van der Waals surface area contributed by atoms with Crippen LogP contribution in [0.4, 0.5) is 0 Å². The lowest BCUT2D eigenvalue weighted by Crippen LogP contribution is -2.38. The van der Waals surface area contributed by atoms with Crippen molar-refractivity contribution in [1.82, 2.24) is 10.6 Å². The number of aliphatic imine (C=N–C) groups is 1. The summed E-state index contributed by atoms with van der Waals surface area (Å²) in [6.45, 7) is 6.48. The van der Waals surface area contributed by atoms with Crippen LogP contribution < -0.4 is 15.4 Å². The molecule has 0 radical (unpaired) electrons. The van der Waals surface area contributed by atoms with Crippen LogP contribution in [0.3, 0.4) is 0 Å². The molecule has 0 spiro atoms. The topological polar surface area (TPSA) is 68.0 Å². The van der Waals surface area contributed by atoms with E-state index in [0.29, 0.717) is 13.2 Å². The number of furan rings is 1. The average molecular weight is 371 g/mol. The van der Waals surface area contributed by atoms with Crippen LogP contribution in [0, 0.1) is 0 Å². The predicted octanol–water partition coefficient (Wildman–Crippen LogP) is 2.92. The van der Waals surface area contributed by atoms with Crippen molar-refractivity contribution in [2.75, 3.05) is 32.8 Å². The van der Waals surface area contributed by atoms with Gasteiger partial charge in [0.1, 0.15) is 18.1 Å². The Morgan fingerprint density at radius 3 is 3.07 bits per heavy atom. The van der Waals surface area contributed by atoms with Gasteiger partial charge in [0.2, 0.25) is 0 Å². The molecule has 3 rings (SSSR count).